The van der Waals surface area contributed by atoms with Gasteiger partial charge in [-0.05, 0) is 25.0 Å². The van der Waals surface area contributed by atoms with Crippen molar-refractivity contribution in [1.29, 1.82) is 0 Å². The Labute approximate surface area is 148 Å². The van der Waals surface area contributed by atoms with Crippen molar-refractivity contribution in [2.75, 3.05) is 0 Å². The van der Waals surface area contributed by atoms with E-state index in [1.807, 2.05) is 18.2 Å². The van der Waals surface area contributed by atoms with E-state index >= 15 is 0 Å². The zero-order chi connectivity index (χ0) is 20.3. The fraction of sp³-hybridized carbons (Fsp3) is 0.667. The first-order chi connectivity index (χ1) is 11.9. The Morgan fingerprint density at radius 1 is 0.885 bits per heavy atom. The topological polar surface area (TPSA) is 67.3 Å². The first kappa shape index (κ1) is 24.6. The minimum absolute atomic E-state index is 0.0935. The molecule has 1 unspecified atom stereocenters. The van der Waals surface area contributed by atoms with Crippen LogP contribution in [-0.2, 0) is 10.1 Å². The zero-order valence-electron chi connectivity index (χ0n) is 13.8. The summed E-state index contributed by atoms with van der Waals surface area (Å²) >= 11 is 0. The molecule has 0 aliphatic heterocycles. The van der Waals surface area contributed by atoms with Crippen LogP contribution in [0.25, 0.3) is 0 Å². The van der Waals surface area contributed by atoms with Gasteiger partial charge in [-0.3, -0.25) is 9.54 Å². The van der Waals surface area contributed by atoms with E-state index in [1.165, 1.54) is 0 Å². The highest BCUT2D eigenvalue weighted by molar-refractivity contribution is 7.86. The van der Waals surface area contributed by atoms with Crippen molar-refractivity contribution in [2.45, 2.75) is 62.5 Å². The summed E-state index contributed by atoms with van der Waals surface area (Å²) in [5.41, 5.74) is 0. The molecule has 0 bridgehead atoms. The molecule has 0 aliphatic rings. The molecule has 0 saturated heterocycles. The first-order valence-corrected chi connectivity index (χ1v) is 9.22. The lowest BCUT2D eigenvalue weighted by atomic mass is 10.1. The Morgan fingerprint density at radius 3 is 1.77 bits per heavy atom. The lowest BCUT2D eigenvalue weighted by Crippen LogP contribution is -2.38. The van der Waals surface area contributed by atoms with Crippen LogP contribution < -0.4 is 0 Å². The van der Waals surface area contributed by atoms with Crippen LogP contribution in [0, 0.1) is 0 Å². The summed E-state index contributed by atoms with van der Waals surface area (Å²) in [5.74, 6) is 0. The van der Waals surface area contributed by atoms with E-state index in [0.29, 0.717) is 6.42 Å². The summed E-state index contributed by atoms with van der Waals surface area (Å²) in [7, 11) is -5.80. The highest BCUT2D eigenvalue weighted by Crippen LogP contribution is 2.30. The van der Waals surface area contributed by atoms with Crippen LogP contribution in [0.2, 0.25) is 0 Å². The Bertz CT molecular complexity index is 554. The van der Waals surface area contributed by atoms with Crippen LogP contribution in [0.5, 0.6) is 0 Å². The standard InChI is InChI=1S/C10H16F6O3S.C5H5N/c11-8(10(15,16)20(17,18)19)6-4-2-1-3-5-7-9(12,13)14;1-2-4-6-5-3-1/h8H,1-7H2,(H,17,18,19);1-5H. The molecule has 1 heterocycles. The van der Waals surface area contributed by atoms with Crippen molar-refractivity contribution in [3.05, 3.63) is 30.6 Å². The van der Waals surface area contributed by atoms with E-state index in [2.05, 4.69) is 4.98 Å². The van der Waals surface area contributed by atoms with Crippen LogP contribution in [-0.4, -0.2) is 35.6 Å². The third-order valence-electron chi connectivity index (χ3n) is 3.19. The second-order valence-corrected chi connectivity index (χ2v) is 6.95. The van der Waals surface area contributed by atoms with E-state index < -0.39 is 40.6 Å². The second-order valence-electron chi connectivity index (χ2n) is 5.45. The van der Waals surface area contributed by atoms with Crippen LogP contribution in [0.1, 0.15) is 44.9 Å². The maximum Gasteiger partial charge on any atom is 0.400 e. The Hall–Kier alpha value is -1.36. The van der Waals surface area contributed by atoms with Gasteiger partial charge in [-0.1, -0.05) is 31.7 Å². The first-order valence-electron chi connectivity index (χ1n) is 7.78. The summed E-state index contributed by atoms with van der Waals surface area (Å²) in [6.45, 7) is 0. The number of hydrogen-bond donors (Lipinski definition) is 1. The Morgan fingerprint density at radius 2 is 1.38 bits per heavy atom. The lowest BCUT2D eigenvalue weighted by molar-refractivity contribution is -0.135. The summed E-state index contributed by atoms with van der Waals surface area (Å²) in [4.78, 5) is 3.78. The van der Waals surface area contributed by atoms with Gasteiger partial charge in [0, 0.05) is 18.8 Å². The van der Waals surface area contributed by atoms with E-state index in [1.54, 1.807) is 12.4 Å². The molecule has 0 aromatic carbocycles. The van der Waals surface area contributed by atoms with E-state index in [-0.39, 0.29) is 25.7 Å². The normalized spacial score (nSPS) is 13.7. The number of hydrogen-bond acceptors (Lipinski definition) is 3. The molecule has 1 aromatic rings. The van der Waals surface area contributed by atoms with Crippen LogP contribution in [0.4, 0.5) is 26.3 Å². The number of pyridine rings is 1. The molecule has 0 amide bonds. The van der Waals surface area contributed by atoms with Gasteiger partial charge in [-0.25, -0.2) is 4.39 Å². The lowest BCUT2D eigenvalue weighted by Gasteiger charge is -2.17. The van der Waals surface area contributed by atoms with Gasteiger partial charge in [0.15, 0.2) is 6.17 Å². The molecule has 152 valence electrons. The average Bonchev–Trinajstić information content (AvgIpc) is 2.53. The second kappa shape index (κ2) is 11.4. The van der Waals surface area contributed by atoms with E-state index in [0.717, 1.165) is 0 Å². The molecular weight excluding hydrogens is 388 g/mol. The molecule has 1 atom stereocenters. The summed E-state index contributed by atoms with van der Waals surface area (Å²) < 4.78 is 102. The predicted octanol–water partition coefficient (Wildman–Crippen LogP) is 5.18. The van der Waals surface area contributed by atoms with Gasteiger partial charge in [0.05, 0.1) is 0 Å². The monoisotopic (exact) mass is 409 g/mol. The van der Waals surface area contributed by atoms with Crippen molar-refractivity contribution >= 4 is 10.1 Å². The van der Waals surface area contributed by atoms with Crippen molar-refractivity contribution in [3.63, 3.8) is 0 Å². The minimum Gasteiger partial charge on any atom is -0.281 e. The number of aromatic nitrogens is 1. The van der Waals surface area contributed by atoms with Crippen LogP contribution in [0.15, 0.2) is 30.6 Å². The third kappa shape index (κ3) is 11.3. The smallest absolute Gasteiger partial charge is 0.281 e. The largest absolute Gasteiger partial charge is 0.400 e. The molecule has 0 saturated carbocycles. The van der Waals surface area contributed by atoms with E-state index in [9.17, 15) is 34.8 Å². The quantitative estimate of drug-likeness (QED) is 0.347. The maximum absolute atomic E-state index is 13.0. The molecule has 4 nitrogen and oxygen atoms in total. The highest BCUT2D eigenvalue weighted by Gasteiger charge is 2.52. The predicted molar refractivity (Wildman–Crippen MR) is 84.0 cm³/mol. The number of nitrogens with zero attached hydrogens (tertiary/aromatic N) is 1. The van der Waals surface area contributed by atoms with Crippen molar-refractivity contribution in [2.24, 2.45) is 0 Å². The van der Waals surface area contributed by atoms with Gasteiger partial charge in [-0.15, -0.1) is 0 Å². The molecule has 0 spiro atoms. The van der Waals surface area contributed by atoms with Gasteiger partial charge < -0.3 is 0 Å². The molecular formula is C15H21F6NO3S. The fourth-order valence-electron chi connectivity index (χ4n) is 1.82. The van der Waals surface area contributed by atoms with Crippen LogP contribution in [0.3, 0.4) is 0 Å². The van der Waals surface area contributed by atoms with Gasteiger partial charge >= 0.3 is 21.5 Å². The molecule has 0 fully saturated rings. The SMILES string of the molecule is O=S(=O)(O)C(F)(F)C(F)CCCCCCCC(F)(F)F.c1ccncc1. The maximum atomic E-state index is 13.0. The van der Waals surface area contributed by atoms with Gasteiger partial charge in [0.2, 0.25) is 0 Å². The Balaban J connectivity index is 0.000000867. The number of unbranched alkanes of at least 4 members (excludes halogenated alkanes) is 4. The fourth-order valence-corrected chi connectivity index (χ4v) is 2.26. The van der Waals surface area contributed by atoms with Gasteiger partial charge in [-0.2, -0.15) is 30.4 Å². The number of rotatable bonds is 9. The van der Waals surface area contributed by atoms with Gasteiger partial charge in [0.25, 0.3) is 0 Å². The summed E-state index contributed by atoms with van der Waals surface area (Å²) in [6, 6.07) is 5.72. The molecule has 0 aliphatic carbocycles. The van der Waals surface area contributed by atoms with Gasteiger partial charge in [0.1, 0.15) is 0 Å². The third-order valence-corrected chi connectivity index (χ3v) is 4.14. The summed E-state index contributed by atoms with van der Waals surface area (Å²) in [5, 5.41) is -4.86. The van der Waals surface area contributed by atoms with E-state index in [4.69, 9.17) is 4.55 Å². The zero-order valence-corrected chi connectivity index (χ0v) is 14.6. The summed E-state index contributed by atoms with van der Waals surface area (Å²) in [6.07, 6.45) is -4.94. The molecule has 1 aromatic heterocycles. The number of alkyl halides is 6. The van der Waals surface area contributed by atoms with Crippen molar-refractivity contribution < 1.29 is 39.3 Å². The molecule has 26 heavy (non-hydrogen) atoms. The highest BCUT2D eigenvalue weighted by atomic mass is 32.2. The van der Waals surface area contributed by atoms with Crippen LogP contribution >= 0.6 is 0 Å². The van der Waals surface area contributed by atoms with Crippen molar-refractivity contribution in [3.8, 4) is 0 Å². The Kier molecular flexibility index (Phi) is 10.8. The number of halogens is 6. The molecule has 1 rings (SSSR count). The average molecular weight is 409 g/mol. The molecule has 1 N–H and O–H groups in total. The molecule has 11 heteroatoms. The minimum atomic E-state index is -5.80. The molecule has 0 radical (unpaired) electrons. The van der Waals surface area contributed by atoms with Crippen molar-refractivity contribution in [1.82, 2.24) is 4.98 Å².